The van der Waals surface area contributed by atoms with E-state index in [1.165, 1.54) is 12.1 Å². The third kappa shape index (κ3) is 3.55. The first-order valence-corrected chi connectivity index (χ1v) is 7.64. The van der Waals surface area contributed by atoms with Gasteiger partial charge in [-0.1, -0.05) is 17.7 Å². The Morgan fingerprint density at radius 3 is 2.75 bits per heavy atom. The number of aryl methyl sites for hydroxylation is 1. The van der Waals surface area contributed by atoms with Gasteiger partial charge < -0.3 is 10.4 Å². The third-order valence-corrected chi connectivity index (χ3v) is 3.84. The average Bonchev–Trinajstić information content (AvgIpc) is 2.97. The molecule has 0 atom stereocenters. The predicted molar refractivity (Wildman–Crippen MR) is 91.5 cm³/mol. The Balaban J connectivity index is 1.67. The monoisotopic (exact) mass is 342 g/mol. The molecular weight excluding hydrogens is 328 g/mol. The highest BCUT2D eigenvalue weighted by Gasteiger charge is 2.09. The summed E-state index contributed by atoms with van der Waals surface area (Å²) in [6.07, 6.45) is 5.23. The molecule has 2 aromatic heterocycles. The van der Waals surface area contributed by atoms with Crippen LogP contribution in [0.15, 0.2) is 48.9 Å². The van der Waals surface area contributed by atoms with Gasteiger partial charge in [-0.3, -0.25) is 9.36 Å². The number of carbonyl (C=O) groups is 1. The molecule has 7 heteroatoms. The number of phenols is 1. The number of carbonyl (C=O) groups excluding carboxylic acids is 1. The van der Waals surface area contributed by atoms with Crippen molar-refractivity contribution in [1.82, 2.24) is 14.5 Å². The second-order valence-electron chi connectivity index (χ2n) is 5.25. The van der Waals surface area contributed by atoms with Gasteiger partial charge in [-0.05, 0) is 36.8 Å². The fourth-order valence-electron chi connectivity index (χ4n) is 2.28. The van der Waals surface area contributed by atoms with E-state index in [9.17, 15) is 9.90 Å². The number of amides is 1. The van der Waals surface area contributed by atoms with Crippen LogP contribution in [-0.2, 0) is 11.2 Å². The molecule has 0 bridgehead atoms. The van der Waals surface area contributed by atoms with Crippen LogP contribution in [0.2, 0.25) is 5.02 Å². The lowest BCUT2D eigenvalue weighted by molar-refractivity contribution is -0.115. The summed E-state index contributed by atoms with van der Waals surface area (Å²) in [4.78, 5) is 20.6. The summed E-state index contributed by atoms with van der Waals surface area (Å²) in [5.41, 5.74) is 1.24. The van der Waals surface area contributed by atoms with Gasteiger partial charge in [-0.15, -0.1) is 0 Å². The number of anilines is 1. The second-order valence-corrected chi connectivity index (χ2v) is 5.66. The van der Waals surface area contributed by atoms with Crippen LogP contribution in [0, 0.1) is 6.92 Å². The van der Waals surface area contributed by atoms with Crippen LogP contribution in [-0.4, -0.2) is 25.5 Å². The van der Waals surface area contributed by atoms with E-state index in [2.05, 4.69) is 15.3 Å². The number of hydrogen-bond acceptors (Lipinski definition) is 4. The number of nitrogens with one attached hydrogen (secondary N) is 1. The molecule has 0 spiro atoms. The van der Waals surface area contributed by atoms with Crippen molar-refractivity contribution in [2.24, 2.45) is 0 Å². The fourth-order valence-corrected chi connectivity index (χ4v) is 2.52. The van der Waals surface area contributed by atoms with Crippen LogP contribution in [0.1, 0.15) is 11.4 Å². The van der Waals surface area contributed by atoms with Crippen LogP contribution in [0.3, 0.4) is 0 Å². The molecule has 0 aliphatic rings. The fraction of sp³-hybridized carbons (Fsp3) is 0.118. The Morgan fingerprint density at radius 1 is 1.29 bits per heavy atom. The van der Waals surface area contributed by atoms with Crippen molar-refractivity contribution >= 4 is 23.2 Å². The summed E-state index contributed by atoms with van der Waals surface area (Å²) in [5, 5.41) is 12.5. The molecule has 1 amide bonds. The van der Waals surface area contributed by atoms with Gasteiger partial charge in [0.2, 0.25) is 5.91 Å². The number of benzene rings is 1. The number of pyridine rings is 1. The van der Waals surface area contributed by atoms with E-state index < -0.39 is 0 Å². The number of halogens is 1. The van der Waals surface area contributed by atoms with Gasteiger partial charge in [-0.25, -0.2) is 9.97 Å². The molecule has 0 aliphatic carbocycles. The van der Waals surface area contributed by atoms with Gasteiger partial charge in [0.05, 0.1) is 18.3 Å². The lowest BCUT2D eigenvalue weighted by Crippen LogP contribution is -2.15. The maximum absolute atomic E-state index is 12.1. The smallest absolute Gasteiger partial charge is 0.228 e. The summed E-state index contributed by atoms with van der Waals surface area (Å²) in [5.74, 6) is 1.42. The molecular formula is C17H15ClN4O2. The molecule has 122 valence electrons. The molecule has 3 rings (SSSR count). The standard InChI is InChI=1S/C17H15ClN4O2/c1-11-19-6-7-22(11)16-5-3-13(10-20-16)21-17(24)8-12-2-4-14(23)9-15(12)18/h2-7,9-10,23H,8H2,1H3,(H,21,24). The van der Waals surface area contributed by atoms with Crippen LogP contribution >= 0.6 is 11.6 Å². The second kappa shape index (κ2) is 6.72. The molecule has 0 aliphatic heterocycles. The highest BCUT2D eigenvalue weighted by atomic mass is 35.5. The van der Waals surface area contributed by atoms with Gasteiger partial charge in [0, 0.05) is 17.4 Å². The van der Waals surface area contributed by atoms with E-state index in [0.29, 0.717) is 16.3 Å². The minimum atomic E-state index is -0.212. The SMILES string of the molecule is Cc1nccn1-c1ccc(NC(=O)Cc2ccc(O)cc2Cl)cn1. The Bertz CT molecular complexity index is 875. The first-order valence-electron chi connectivity index (χ1n) is 7.26. The molecule has 3 aromatic rings. The maximum atomic E-state index is 12.1. The summed E-state index contributed by atoms with van der Waals surface area (Å²) in [7, 11) is 0. The van der Waals surface area contributed by atoms with E-state index in [0.717, 1.165) is 11.6 Å². The summed E-state index contributed by atoms with van der Waals surface area (Å²) >= 11 is 6.01. The Kier molecular flexibility index (Phi) is 4.48. The van der Waals surface area contributed by atoms with Gasteiger partial charge in [-0.2, -0.15) is 0 Å². The molecule has 2 N–H and O–H groups in total. The molecule has 0 radical (unpaired) electrons. The van der Waals surface area contributed by atoms with Crippen LogP contribution in [0.5, 0.6) is 5.75 Å². The highest BCUT2D eigenvalue weighted by Crippen LogP contribution is 2.22. The molecule has 0 unspecified atom stereocenters. The summed E-state index contributed by atoms with van der Waals surface area (Å²) in [6, 6.07) is 8.11. The van der Waals surface area contributed by atoms with Crippen molar-refractivity contribution in [3.05, 3.63) is 65.3 Å². The van der Waals surface area contributed by atoms with E-state index in [-0.39, 0.29) is 18.1 Å². The highest BCUT2D eigenvalue weighted by molar-refractivity contribution is 6.31. The molecule has 6 nitrogen and oxygen atoms in total. The number of aromatic hydroxyl groups is 1. The van der Waals surface area contributed by atoms with Crippen LogP contribution in [0.4, 0.5) is 5.69 Å². The van der Waals surface area contributed by atoms with Crippen molar-refractivity contribution in [3.8, 4) is 11.6 Å². The van der Waals surface area contributed by atoms with Gasteiger partial charge in [0.1, 0.15) is 17.4 Å². The summed E-state index contributed by atoms with van der Waals surface area (Å²) < 4.78 is 1.85. The largest absolute Gasteiger partial charge is 0.508 e. The van der Waals surface area contributed by atoms with Gasteiger partial charge in [0.25, 0.3) is 0 Å². The molecule has 2 heterocycles. The molecule has 24 heavy (non-hydrogen) atoms. The number of imidazole rings is 1. The minimum Gasteiger partial charge on any atom is -0.508 e. The van der Waals surface area contributed by atoms with Crippen LogP contribution in [0.25, 0.3) is 5.82 Å². The average molecular weight is 343 g/mol. The number of phenolic OH excluding ortho intramolecular Hbond substituents is 1. The lowest BCUT2D eigenvalue weighted by Gasteiger charge is -2.08. The van der Waals surface area contributed by atoms with Crippen LogP contribution < -0.4 is 5.32 Å². The zero-order chi connectivity index (χ0) is 17.1. The molecule has 0 saturated heterocycles. The molecule has 0 saturated carbocycles. The van der Waals surface area contributed by atoms with E-state index in [4.69, 9.17) is 11.6 Å². The topological polar surface area (TPSA) is 80.0 Å². The van der Waals surface area contributed by atoms with E-state index >= 15 is 0 Å². The zero-order valence-corrected chi connectivity index (χ0v) is 13.7. The van der Waals surface area contributed by atoms with Gasteiger partial charge >= 0.3 is 0 Å². The predicted octanol–water partition coefficient (Wildman–Crippen LogP) is 3.12. The lowest BCUT2D eigenvalue weighted by atomic mass is 10.1. The first kappa shape index (κ1) is 16.0. The molecule has 1 aromatic carbocycles. The summed E-state index contributed by atoms with van der Waals surface area (Å²) in [6.45, 7) is 1.89. The van der Waals surface area contributed by atoms with E-state index in [1.54, 1.807) is 30.6 Å². The van der Waals surface area contributed by atoms with Crippen molar-refractivity contribution in [2.45, 2.75) is 13.3 Å². The molecule has 0 fully saturated rings. The van der Waals surface area contributed by atoms with Crippen molar-refractivity contribution in [1.29, 1.82) is 0 Å². The quantitative estimate of drug-likeness (QED) is 0.763. The maximum Gasteiger partial charge on any atom is 0.228 e. The van der Waals surface area contributed by atoms with Crippen molar-refractivity contribution < 1.29 is 9.90 Å². The number of hydrogen-bond donors (Lipinski definition) is 2. The van der Waals surface area contributed by atoms with Crippen molar-refractivity contribution in [2.75, 3.05) is 5.32 Å². The van der Waals surface area contributed by atoms with E-state index in [1.807, 2.05) is 17.7 Å². The number of rotatable bonds is 4. The Morgan fingerprint density at radius 2 is 2.12 bits per heavy atom. The third-order valence-electron chi connectivity index (χ3n) is 3.49. The number of aromatic nitrogens is 3. The first-order chi connectivity index (χ1) is 11.5. The zero-order valence-electron chi connectivity index (χ0n) is 12.9. The Hall–Kier alpha value is -2.86. The van der Waals surface area contributed by atoms with Crippen molar-refractivity contribution in [3.63, 3.8) is 0 Å². The minimum absolute atomic E-state index is 0.0683. The normalized spacial score (nSPS) is 10.6. The number of nitrogens with zero attached hydrogens (tertiary/aromatic N) is 3. The Labute approximate surface area is 143 Å². The van der Waals surface area contributed by atoms with Gasteiger partial charge in [0.15, 0.2) is 0 Å².